The molecule has 2 N–H and O–H groups in total. The van der Waals surface area contributed by atoms with Crippen molar-refractivity contribution in [1.29, 1.82) is 0 Å². The monoisotopic (exact) mass is 506 g/mol. The largest absolute Gasteiger partial charge is 0.355 e. The molecule has 10 heteroatoms. The summed E-state index contributed by atoms with van der Waals surface area (Å²) in [6.07, 6.45) is 0. The molecule has 6 aromatic rings. The van der Waals surface area contributed by atoms with Crippen LogP contribution in [0.2, 0.25) is 0 Å². The highest BCUT2D eigenvalue weighted by Crippen LogP contribution is 2.28. The number of anilines is 1. The van der Waals surface area contributed by atoms with Crippen molar-refractivity contribution in [3.8, 4) is 39.1 Å². The highest BCUT2D eigenvalue weighted by molar-refractivity contribution is 7.13. The molecule has 6 rings (SSSR count). The van der Waals surface area contributed by atoms with Gasteiger partial charge < -0.3 is 9.84 Å². The zero-order valence-corrected chi connectivity index (χ0v) is 20.0. The number of nitrogens with zero attached hydrogens (tertiary/aromatic N) is 4. The van der Waals surface area contributed by atoms with Crippen molar-refractivity contribution in [2.75, 3.05) is 5.32 Å². The molecule has 0 saturated heterocycles. The summed E-state index contributed by atoms with van der Waals surface area (Å²) in [5, 5.41) is 13.3. The first-order valence-electron chi connectivity index (χ1n) is 11.3. The third-order valence-corrected chi connectivity index (χ3v) is 6.42. The van der Waals surface area contributed by atoms with Crippen LogP contribution in [0.15, 0.2) is 106 Å². The van der Waals surface area contributed by atoms with Crippen LogP contribution in [0.4, 0.5) is 5.82 Å². The number of amides is 1. The zero-order chi connectivity index (χ0) is 25.2. The van der Waals surface area contributed by atoms with Gasteiger partial charge >= 0.3 is 0 Å². The molecule has 37 heavy (non-hydrogen) atoms. The van der Waals surface area contributed by atoms with Crippen LogP contribution in [-0.4, -0.2) is 30.8 Å². The molecule has 0 fully saturated rings. The Hall–Kier alpha value is -5.09. The molecule has 4 heterocycles. The molecule has 0 aliphatic rings. The number of hydrogen-bond donors (Lipinski definition) is 2. The molecule has 0 bridgehead atoms. The molecule has 4 aromatic heterocycles. The average Bonchev–Trinajstić information content (AvgIpc) is 3.71. The molecular weight excluding hydrogens is 488 g/mol. The van der Waals surface area contributed by atoms with Crippen molar-refractivity contribution in [3.63, 3.8) is 0 Å². The number of carbonyl (C=O) groups excluding carboxylic acids is 1. The van der Waals surface area contributed by atoms with E-state index in [0.29, 0.717) is 23.0 Å². The van der Waals surface area contributed by atoms with Crippen LogP contribution in [-0.2, 0) is 0 Å². The second-order valence-electron chi connectivity index (χ2n) is 8.02. The van der Waals surface area contributed by atoms with Crippen molar-refractivity contribution >= 4 is 23.1 Å². The summed E-state index contributed by atoms with van der Waals surface area (Å²) < 4.78 is 6.78. The topological polar surface area (TPSA) is 119 Å². The maximum Gasteiger partial charge on any atom is 0.279 e. The van der Waals surface area contributed by atoms with Gasteiger partial charge in [-0.15, -0.1) is 11.3 Å². The predicted molar refractivity (Wildman–Crippen MR) is 141 cm³/mol. The number of thiophene rings is 1. The van der Waals surface area contributed by atoms with Gasteiger partial charge in [0.05, 0.1) is 10.6 Å². The zero-order valence-electron chi connectivity index (χ0n) is 19.2. The molecule has 0 atom stereocenters. The molecule has 9 nitrogen and oxygen atoms in total. The molecular formula is C27H18N6O3S. The summed E-state index contributed by atoms with van der Waals surface area (Å²) in [7, 11) is 0. The summed E-state index contributed by atoms with van der Waals surface area (Å²) in [5.74, 6) is 0.451. The van der Waals surface area contributed by atoms with Crippen molar-refractivity contribution in [2.24, 2.45) is 0 Å². The lowest BCUT2D eigenvalue weighted by Crippen LogP contribution is -2.19. The van der Waals surface area contributed by atoms with E-state index in [9.17, 15) is 9.59 Å². The Morgan fingerprint density at radius 3 is 2.38 bits per heavy atom. The van der Waals surface area contributed by atoms with Gasteiger partial charge in [-0.2, -0.15) is 9.78 Å². The first-order chi connectivity index (χ1) is 18.1. The van der Waals surface area contributed by atoms with Gasteiger partial charge in [-0.1, -0.05) is 71.9 Å². The van der Waals surface area contributed by atoms with E-state index >= 15 is 0 Å². The third kappa shape index (κ3) is 4.60. The molecule has 180 valence electrons. The van der Waals surface area contributed by atoms with Crippen LogP contribution < -0.4 is 10.9 Å². The fraction of sp³-hybridized carbons (Fsp3) is 0. The Morgan fingerprint density at radius 2 is 1.65 bits per heavy atom. The summed E-state index contributed by atoms with van der Waals surface area (Å²) in [6.45, 7) is 0. The van der Waals surface area contributed by atoms with Gasteiger partial charge in [-0.3, -0.25) is 14.6 Å². The number of benzene rings is 2. The van der Waals surface area contributed by atoms with Gasteiger partial charge in [0.25, 0.3) is 11.5 Å². The Balaban J connectivity index is 1.39. The summed E-state index contributed by atoms with van der Waals surface area (Å²) in [4.78, 5) is 33.9. The lowest BCUT2D eigenvalue weighted by Gasteiger charge is -2.08. The summed E-state index contributed by atoms with van der Waals surface area (Å²) in [6, 6.07) is 27.3. The van der Waals surface area contributed by atoms with Gasteiger partial charge in [0.2, 0.25) is 5.95 Å². The van der Waals surface area contributed by atoms with Crippen molar-refractivity contribution in [1.82, 2.24) is 24.9 Å². The smallest absolute Gasteiger partial charge is 0.279 e. The maximum atomic E-state index is 13.1. The summed E-state index contributed by atoms with van der Waals surface area (Å²) in [5.41, 5.74) is 2.43. The second-order valence-corrected chi connectivity index (χ2v) is 8.97. The Labute approximate surface area is 214 Å². The first-order valence-corrected chi connectivity index (χ1v) is 12.2. The van der Waals surface area contributed by atoms with E-state index in [0.717, 1.165) is 16.0 Å². The number of nitrogens with one attached hydrogen (secondary N) is 2. The Bertz CT molecular complexity index is 1740. The maximum absolute atomic E-state index is 13.1. The number of aromatic nitrogens is 5. The molecule has 0 radical (unpaired) electrons. The first kappa shape index (κ1) is 22.4. The SMILES string of the molecule is O=C(Nc1cc(-c2cccs2)nn1-c1nc(-c2ccccc2)cc(=O)[nH]1)c1cc(-c2ccccc2)on1. The van der Waals surface area contributed by atoms with Crippen LogP contribution >= 0.6 is 11.3 Å². The average molecular weight is 507 g/mol. The van der Waals surface area contributed by atoms with Crippen LogP contribution in [0, 0.1) is 0 Å². The minimum absolute atomic E-state index is 0.101. The van der Waals surface area contributed by atoms with Gasteiger partial charge in [0.1, 0.15) is 11.5 Å². The van der Waals surface area contributed by atoms with Crippen LogP contribution in [0.5, 0.6) is 0 Å². The molecule has 0 aliphatic heterocycles. The van der Waals surface area contributed by atoms with E-state index in [2.05, 4.69) is 25.5 Å². The highest BCUT2D eigenvalue weighted by atomic mass is 32.1. The number of carbonyl (C=O) groups is 1. The van der Waals surface area contributed by atoms with E-state index in [1.165, 1.54) is 22.1 Å². The lowest BCUT2D eigenvalue weighted by atomic mass is 10.1. The molecule has 0 saturated carbocycles. The second kappa shape index (κ2) is 9.51. The van der Waals surface area contributed by atoms with Gasteiger partial charge in [0.15, 0.2) is 11.5 Å². The fourth-order valence-electron chi connectivity index (χ4n) is 3.78. The Morgan fingerprint density at radius 1 is 0.892 bits per heavy atom. The number of aromatic amines is 1. The molecule has 2 aromatic carbocycles. The van der Waals surface area contributed by atoms with Crippen molar-refractivity contribution in [3.05, 3.63) is 112 Å². The number of hydrogen-bond acceptors (Lipinski definition) is 7. The number of rotatable bonds is 6. The predicted octanol–water partition coefficient (Wildman–Crippen LogP) is 5.26. The Kier molecular flexibility index (Phi) is 5.75. The molecule has 0 spiro atoms. The molecule has 0 unspecified atom stereocenters. The van der Waals surface area contributed by atoms with E-state index in [4.69, 9.17) is 4.52 Å². The van der Waals surface area contributed by atoms with Crippen LogP contribution in [0.1, 0.15) is 10.5 Å². The number of H-pyrrole nitrogens is 1. The minimum Gasteiger partial charge on any atom is -0.355 e. The van der Waals surface area contributed by atoms with E-state index in [1.807, 2.05) is 78.2 Å². The minimum atomic E-state index is -0.494. The molecule has 0 aliphatic carbocycles. The van der Waals surface area contributed by atoms with Crippen molar-refractivity contribution in [2.45, 2.75) is 0 Å². The standard InChI is InChI=1S/C27H18N6O3S/c34-25-16-19(17-8-3-1-4-9-17)28-27(30-25)33-24(15-20(31-33)23-12-7-13-37-23)29-26(35)21-14-22(36-32-21)18-10-5-2-6-11-18/h1-16H,(H,29,35)(H,28,30,34). The van der Waals surface area contributed by atoms with Gasteiger partial charge in [-0.25, -0.2) is 4.98 Å². The van der Waals surface area contributed by atoms with Crippen LogP contribution in [0.25, 0.3) is 39.1 Å². The van der Waals surface area contributed by atoms with E-state index < -0.39 is 5.91 Å². The summed E-state index contributed by atoms with van der Waals surface area (Å²) >= 11 is 1.50. The van der Waals surface area contributed by atoms with E-state index in [1.54, 1.807) is 12.1 Å². The van der Waals surface area contributed by atoms with E-state index in [-0.39, 0.29) is 17.2 Å². The normalized spacial score (nSPS) is 10.9. The third-order valence-electron chi connectivity index (χ3n) is 5.53. The highest BCUT2D eigenvalue weighted by Gasteiger charge is 2.20. The molecule has 1 amide bonds. The van der Waals surface area contributed by atoms with Gasteiger partial charge in [-0.05, 0) is 11.4 Å². The van der Waals surface area contributed by atoms with Crippen LogP contribution in [0.3, 0.4) is 0 Å². The van der Waals surface area contributed by atoms with Crippen molar-refractivity contribution < 1.29 is 9.32 Å². The van der Waals surface area contributed by atoms with Gasteiger partial charge in [0, 0.05) is 29.3 Å². The fourth-order valence-corrected chi connectivity index (χ4v) is 4.46. The quantitative estimate of drug-likeness (QED) is 0.318. The lowest BCUT2D eigenvalue weighted by molar-refractivity contribution is 0.101.